The van der Waals surface area contributed by atoms with Gasteiger partial charge in [0.1, 0.15) is 0 Å². The van der Waals surface area contributed by atoms with Crippen LogP contribution in [0.25, 0.3) is 0 Å². The minimum atomic E-state index is 0. The summed E-state index contributed by atoms with van der Waals surface area (Å²) >= 11 is 0. The molecule has 0 saturated carbocycles. The maximum Gasteiger partial charge on any atom is 0.0319 e. The van der Waals surface area contributed by atoms with Gasteiger partial charge in [-0.2, -0.15) is 6.08 Å². The third-order valence-corrected chi connectivity index (χ3v) is 0.867. The van der Waals surface area contributed by atoms with Gasteiger partial charge >= 0.3 is 0 Å². The van der Waals surface area contributed by atoms with Crippen LogP contribution >= 0.6 is 12.4 Å². The molecule has 2 nitrogen and oxygen atoms in total. The molecule has 72 valence electrons. The van der Waals surface area contributed by atoms with Gasteiger partial charge in [0.2, 0.25) is 0 Å². The van der Waals surface area contributed by atoms with E-state index in [0.29, 0.717) is 0 Å². The summed E-state index contributed by atoms with van der Waals surface area (Å²) in [6.07, 6.45) is 8.33. The first-order valence-corrected chi connectivity index (χ1v) is 3.03. The van der Waals surface area contributed by atoms with Gasteiger partial charge in [0, 0.05) is 35.9 Å². The predicted octanol–water partition coefficient (Wildman–Crippen LogP) is 1.33. The quantitative estimate of drug-likeness (QED) is 0.484. The van der Waals surface area contributed by atoms with E-state index < -0.39 is 0 Å². The van der Waals surface area contributed by atoms with Crippen LogP contribution in [0.2, 0.25) is 0 Å². The molecule has 0 aromatic carbocycles. The van der Waals surface area contributed by atoms with Crippen LogP contribution < -0.4 is 0 Å². The largest absolute Gasteiger partial charge is 0.400 e. The van der Waals surface area contributed by atoms with E-state index in [0.717, 1.165) is 20.6 Å². The van der Waals surface area contributed by atoms with Gasteiger partial charge in [-0.05, 0) is 0 Å². The van der Waals surface area contributed by atoms with E-state index >= 15 is 0 Å². The second-order valence-electron chi connectivity index (χ2n) is 1.47. The number of aliphatic hydroxyl groups is 2. The smallest absolute Gasteiger partial charge is 0.0319 e. The molecule has 1 rings (SSSR count). The van der Waals surface area contributed by atoms with Crippen molar-refractivity contribution in [2.45, 2.75) is 13.3 Å². The molecule has 0 aromatic rings. The van der Waals surface area contributed by atoms with Crippen molar-refractivity contribution in [1.29, 1.82) is 0 Å². The molecular weight excluding hydrogens is 211 g/mol. The van der Waals surface area contributed by atoms with E-state index in [4.69, 9.17) is 10.2 Å². The zero-order valence-corrected chi connectivity index (χ0v) is 10.0. The summed E-state index contributed by atoms with van der Waals surface area (Å²) in [5, 5.41) is 14.0. The SMILES string of the molecule is CC1=[C-]CC=C1.CO.CO.Cl.[Ti]. The van der Waals surface area contributed by atoms with Gasteiger partial charge in [0.15, 0.2) is 0 Å². The number of allylic oxidation sites excluding steroid dienone is 4. The summed E-state index contributed by atoms with van der Waals surface area (Å²) in [5.74, 6) is 0. The van der Waals surface area contributed by atoms with Gasteiger partial charge in [-0.3, -0.25) is 6.08 Å². The standard InChI is InChI=1S/C6H7.2CH4O.ClH.Ti/c1-6-4-2-3-5-6;2*1-2;;/h2,4H,3H2,1H3;2*2H,1H3;1H;/q-1;;;;. The molecule has 1 aliphatic carbocycles. The van der Waals surface area contributed by atoms with Crippen molar-refractivity contribution >= 4 is 12.4 Å². The van der Waals surface area contributed by atoms with Crippen LogP contribution in [0.5, 0.6) is 0 Å². The molecule has 0 spiro atoms. The predicted molar refractivity (Wildman–Crippen MR) is 49.7 cm³/mol. The van der Waals surface area contributed by atoms with Crippen molar-refractivity contribution in [3.8, 4) is 0 Å². The van der Waals surface area contributed by atoms with Crippen LogP contribution in [-0.2, 0) is 21.7 Å². The Morgan fingerprint density at radius 1 is 1.25 bits per heavy atom. The maximum absolute atomic E-state index is 7.00. The van der Waals surface area contributed by atoms with Crippen molar-refractivity contribution in [2.75, 3.05) is 14.2 Å². The van der Waals surface area contributed by atoms with Crippen LogP contribution in [0.15, 0.2) is 17.7 Å². The van der Waals surface area contributed by atoms with Crippen LogP contribution in [0.4, 0.5) is 0 Å². The summed E-state index contributed by atoms with van der Waals surface area (Å²) in [6.45, 7) is 2.06. The fourth-order valence-corrected chi connectivity index (χ4v) is 0.515. The average Bonchev–Trinajstić information content (AvgIpc) is 2.48. The fourth-order valence-electron chi connectivity index (χ4n) is 0.515. The number of aliphatic hydroxyl groups excluding tert-OH is 2. The van der Waals surface area contributed by atoms with Gasteiger partial charge in [-0.15, -0.1) is 18.8 Å². The van der Waals surface area contributed by atoms with Gasteiger partial charge in [-0.25, -0.2) is 11.6 Å². The van der Waals surface area contributed by atoms with Gasteiger partial charge in [0.05, 0.1) is 0 Å². The first-order valence-electron chi connectivity index (χ1n) is 3.03. The summed E-state index contributed by atoms with van der Waals surface area (Å²) in [5.41, 5.74) is 1.27. The maximum atomic E-state index is 7.00. The second kappa shape index (κ2) is 22.5. The third-order valence-electron chi connectivity index (χ3n) is 0.867. The van der Waals surface area contributed by atoms with Gasteiger partial charge < -0.3 is 10.2 Å². The molecule has 12 heavy (non-hydrogen) atoms. The fraction of sp³-hybridized carbons (Fsp3) is 0.500. The van der Waals surface area contributed by atoms with E-state index in [-0.39, 0.29) is 34.1 Å². The van der Waals surface area contributed by atoms with E-state index in [1.165, 1.54) is 5.57 Å². The zero-order chi connectivity index (χ0) is 8.41. The van der Waals surface area contributed by atoms with Crippen molar-refractivity contribution in [3.05, 3.63) is 23.8 Å². The minimum Gasteiger partial charge on any atom is -0.400 e. The number of hydrogen-bond donors (Lipinski definition) is 2. The van der Waals surface area contributed by atoms with Crippen molar-refractivity contribution in [3.63, 3.8) is 0 Å². The van der Waals surface area contributed by atoms with E-state index in [1.807, 2.05) is 0 Å². The molecule has 0 aliphatic heterocycles. The first-order chi connectivity index (χ1) is 4.89. The topological polar surface area (TPSA) is 40.5 Å². The summed E-state index contributed by atoms with van der Waals surface area (Å²) < 4.78 is 0. The Balaban J connectivity index is -0.0000000480. The number of halogens is 1. The first kappa shape index (κ1) is 22.8. The third kappa shape index (κ3) is 16.8. The van der Waals surface area contributed by atoms with Gasteiger partial charge in [-0.1, -0.05) is 6.92 Å². The molecule has 0 saturated heterocycles. The van der Waals surface area contributed by atoms with Crippen LogP contribution in [0.3, 0.4) is 0 Å². The molecule has 0 fully saturated rings. The second-order valence-corrected chi connectivity index (χ2v) is 1.47. The Morgan fingerprint density at radius 2 is 1.67 bits per heavy atom. The molecule has 0 unspecified atom stereocenters. The Labute approximate surface area is 95.7 Å². The van der Waals surface area contributed by atoms with Crippen molar-refractivity contribution in [2.24, 2.45) is 0 Å². The summed E-state index contributed by atoms with van der Waals surface area (Å²) in [6, 6.07) is 0. The molecule has 0 heterocycles. The molecular formula is C8H16ClO2Ti-. The van der Waals surface area contributed by atoms with Gasteiger partial charge in [0.25, 0.3) is 0 Å². The Bertz CT molecular complexity index is 111. The molecule has 0 radical (unpaired) electrons. The Hall–Kier alpha value is 0.404. The van der Waals surface area contributed by atoms with Crippen molar-refractivity contribution in [1.82, 2.24) is 0 Å². The van der Waals surface area contributed by atoms with Crippen LogP contribution in [0, 0.1) is 6.08 Å². The molecule has 0 aromatic heterocycles. The molecule has 0 amide bonds. The van der Waals surface area contributed by atoms with Crippen LogP contribution in [-0.4, -0.2) is 24.4 Å². The van der Waals surface area contributed by atoms with Crippen molar-refractivity contribution < 1.29 is 31.9 Å². The zero-order valence-electron chi connectivity index (χ0n) is 7.66. The van der Waals surface area contributed by atoms with E-state index in [1.54, 1.807) is 0 Å². The summed E-state index contributed by atoms with van der Waals surface area (Å²) in [4.78, 5) is 0. The molecule has 0 bridgehead atoms. The molecule has 2 N–H and O–H groups in total. The molecule has 4 heteroatoms. The molecule has 1 aliphatic rings. The van der Waals surface area contributed by atoms with E-state index in [2.05, 4.69) is 25.2 Å². The number of hydrogen-bond acceptors (Lipinski definition) is 2. The Kier molecular flexibility index (Phi) is 42.9. The average molecular weight is 228 g/mol. The van der Waals surface area contributed by atoms with E-state index in [9.17, 15) is 0 Å². The molecule has 0 atom stereocenters. The normalized spacial score (nSPS) is 10.2. The minimum absolute atomic E-state index is 0. The number of rotatable bonds is 0. The van der Waals surface area contributed by atoms with Crippen LogP contribution in [0.1, 0.15) is 13.3 Å². The Morgan fingerprint density at radius 3 is 1.75 bits per heavy atom. The summed E-state index contributed by atoms with van der Waals surface area (Å²) in [7, 11) is 2.00. The monoisotopic (exact) mass is 227 g/mol.